The number of halogens is 2. The van der Waals surface area contributed by atoms with Gasteiger partial charge >= 0.3 is 5.97 Å². The number of rotatable bonds is 6. The van der Waals surface area contributed by atoms with Crippen LogP contribution in [0.5, 0.6) is 11.5 Å². The highest BCUT2D eigenvalue weighted by Crippen LogP contribution is 2.35. The van der Waals surface area contributed by atoms with Crippen LogP contribution in [0.15, 0.2) is 36.4 Å². The molecule has 0 radical (unpaired) electrons. The summed E-state index contributed by atoms with van der Waals surface area (Å²) >= 11 is 6.01. The Morgan fingerprint density at radius 2 is 1.72 bits per heavy atom. The van der Waals surface area contributed by atoms with Gasteiger partial charge in [0.1, 0.15) is 17.3 Å². The highest BCUT2D eigenvalue weighted by atomic mass is 35.5. The van der Waals surface area contributed by atoms with E-state index < -0.39 is 24.3 Å². The normalized spacial score (nSPS) is 10.1. The summed E-state index contributed by atoms with van der Waals surface area (Å²) in [5.74, 6) is -1.08. The fourth-order valence-electron chi connectivity index (χ4n) is 1.94. The maximum absolute atomic E-state index is 12.8. The van der Waals surface area contributed by atoms with Gasteiger partial charge in [-0.1, -0.05) is 11.6 Å². The average Bonchev–Trinajstić information content (AvgIpc) is 2.60. The van der Waals surface area contributed by atoms with Crippen LogP contribution in [0.4, 0.5) is 10.1 Å². The molecule has 0 atom stereocenters. The van der Waals surface area contributed by atoms with Crippen LogP contribution >= 0.6 is 11.6 Å². The first-order valence-corrected chi connectivity index (χ1v) is 7.46. The van der Waals surface area contributed by atoms with E-state index in [9.17, 15) is 14.0 Å². The number of carbonyl (C=O) groups is 2. The van der Waals surface area contributed by atoms with Gasteiger partial charge in [0.25, 0.3) is 5.91 Å². The monoisotopic (exact) mass is 367 g/mol. The van der Waals surface area contributed by atoms with Crippen LogP contribution in [-0.4, -0.2) is 32.7 Å². The number of hydrogen-bond acceptors (Lipinski definition) is 5. The maximum atomic E-state index is 12.8. The van der Waals surface area contributed by atoms with Crippen LogP contribution in [-0.2, 0) is 9.53 Å². The molecule has 2 aromatic carbocycles. The lowest BCUT2D eigenvalue weighted by Gasteiger charge is -2.13. The van der Waals surface area contributed by atoms with Crippen molar-refractivity contribution in [3.05, 3.63) is 52.8 Å². The largest absolute Gasteiger partial charge is 0.495 e. The van der Waals surface area contributed by atoms with Gasteiger partial charge in [-0.05, 0) is 30.3 Å². The summed E-state index contributed by atoms with van der Waals surface area (Å²) < 4.78 is 27.9. The second-order valence-electron chi connectivity index (χ2n) is 4.82. The predicted octanol–water partition coefficient (Wildman–Crippen LogP) is 3.29. The van der Waals surface area contributed by atoms with Crippen LogP contribution in [0.3, 0.4) is 0 Å². The molecule has 2 rings (SSSR count). The lowest BCUT2D eigenvalue weighted by Crippen LogP contribution is -2.21. The summed E-state index contributed by atoms with van der Waals surface area (Å²) in [6.45, 7) is -0.525. The predicted molar refractivity (Wildman–Crippen MR) is 89.9 cm³/mol. The molecule has 0 spiro atoms. The van der Waals surface area contributed by atoms with Crippen molar-refractivity contribution >= 4 is 29.2 Å². The first kappa shape index (κ1) is 18.5. The van der Waals surface area contributed by atoms with Gasteiger partial charge in [0.05, 0.1) is 30.5 Å². The lowest BCUT2D eigenvalue weighted by molar-refractivity contribution is -0.119. The molecule has 0 saturated carbocycles. The van der Waals surface area contributed by atoms with E-state index in [0.29, 0.717) is 17.2 Å². The molecule has 8 heteroatoms. The standard InChI is InChI=1S/C17H15ClFNO5/c1-23-14-8-15(24-2)13(7-12(14)18)20-16(21)9-25-17(22)10-3-5-11(19)6-4-10/h3-8H,9H2,1-2H3,(H,20,21). The van der Waals surface area contributed by atoms with Gasteiger partial charge in [-0.3, -0.25) is 4.79 Å². The molecule has 0 unspecified atom stereocenters. The Kier molecular flexibility index (Phi) is 6.19. The second-order valence-corrected chi connectivity index (χ2v) is 5.23. The van der Waals surface area contributed by atoms with Crippen molar-refractivity contribution < 1.29 is 28.2 Å². The number of methoxy groups -OCH3 is 2. The van der Waals surface area contributed by atoms with Gasteiger partial charge in [0, 0.05) is 6.07 Å². The van der Waals surface area contributed by atoms with Crippen LogP contribution < -0.4 is 14.8 Å². The molecular formula is C17H15ClFNO5. The van der Waals surface area contributed by atoms with Gasteiger partial charge in [-0.2, -0.15) is 0 Å². The summed E-state index contributed by atoms with van der Waals surface area (Å²) in [6.07, 6.45) is 0. The topological polar surface area (TPSA) is 73.9 Å². The minimum absolute atomic E-state index is 0.138. The number of amides is 1. The Balaban J connectivity index is 1.99. The average molecular weight is 368 g/mol. The zero-order valence-electron chi connectivity index (χ0n) is 13.5. The highest BCUT2D eigenvalue weighted by Gasteiger charge is 2.14. The highest BCUT2D eigenvalue weighted by molar-refractivity contribution is 6.32. The number of hydrogen-bond donors (Lipinski definition) is 1. The minimum Gasteiger partial charge on any atom is -0.495 e. The van der Waals surface area contributed by atoms with Gasteiger partial charge in [0.2, 0.25) is 0 Å². The third kappa shape index (κ3) is 4.84. The maximum Gasteiger partial charge on any atom is 0.338 e. The number of ether oxygens (including phenoxy) is 3. The number of benzene rings is 2. The Hall–Kier alpha value is -2.80. The smallest absolute Gasteiger partial charge is 0.338 e. The SMILES string of the molecule is COc1cc(OC)c(NC(=O)COC(=O)c2ccc(F)cc2)cc1Cl. The third-order valence-electron chi connectivity index (χ3n) is 3.16. The zero-order chi connectivity index (χ0) is 18.4. The molecule has 6 nitrogen and oxygen atoms in total. The third-order valence-corrected chi connectivity index (χ3v) is 3.46. The minimum atomic E-state index is -0.741. The Labute approximate surface area is 148 Å². The molecule has 1 N–H and O–H groups in total. The van der Waals surface area contributed by atoms with Crippen molar-refractivity contribution in [3.63, 3.8) is 0 Å². The van der Waals surface area contributed by atoms with Crippen molar-refractivity contribution in [1.29, 1.82) is 0 Å². The number of nitrogens with one attached hydrogen (secondary N) is 1. The second kappa shape index (κ2) is 8.34. The van der Waals surface area contributed by atoms with Crippen molar-refractivity contribution in [2.45, 2.75) is 0 Å². The Bertz CT molecular complexity index is 779. The first-order chi connectivity index (χ1) is 11.9. The summed E-state index contributed by atoms with van der Waals surface area (Å²) in [5, 5.41) is 2.81. The van der Waals surface area contributed by atoms with Crippen LogP contribution in [0.25, 0.3) is 0 Å². The quantitative estimate of drug-likeness (QED) is 0.793. The van der Waals surface area contributed by atoms with E-state index in [1.165, 1.54) is 38.5 Å². The lowest BCUT2D eigenvalue weighted by atomic mass is 10.2. The molecule has 0 heterocycles. The Morgan fingerprint density at radius 1 is 1.08 bits per heavy atom. The summed E-state index contributed by atoms with van der Waals surface area (Å²) in [4.78, 5) is 23.7. The number of esters is 1. The fraction of sp³-hybridized carbons (Fsp3) is 0.176. The van der Waals surface area contributed by atoms with Gasteiger partial charge in [-0.25, -0.2) is 9.18 Å². The Morgan fingerprint density at radius 3 is 2.32 bits per heavy atom. The molecule has 0 fully saturated rings. The molecule has 0 aliphatic heterocycles. The summed E-state index contributed by atoms with van der Waals surface area (Å²) in [6, 6.07) is 7.76. The van der Waals surface area contributed by atoms with E-state index in [4.69, 9.17) is 25.8 Å². The molecule has 1 amide bonds. The molecular weight excluding hydrogens is 353 g/mol. The summed E-state index contributed by atoms with van der Waals surface area (Å²) in [7, 11) is 2.88. The van der Waals surface area contributed by atoms with Crippen molar-refractivity contribution in [1.82, 2.24) is 0 Å². The van der Waals surface area contributed by atoms with Crippen molar-refractivity contribution in [2.24, 2.45) is 0 Å². The van der Waals surface area contributed by atoms with E-state index in [0.717, 1.165) is 12.1 Å². The van der Waals surface area contributed by atoms with E-state index >= 15 is 0 Å². The van der Waals surface area contributed by atoms with Crippen LogP contribution in [0.1, 0.15) is 10.4 Å². The molecule has 0 aromatic heterocycles. The molecule has 0 aliphatic carbocycles. The van der Waals surface area contributed by atoms with E-state index in [-0.39, 0.29) is 10.6 Å². The van der Waals surface area contributed by atoms with Gasteiger partial charge in [0.15, 0.2) is 6.61 Å². The van der Waals surface area contributed by atoms with Crippen molar-refractivity contribution in [2.75, 3.05) is 26.1 Å². The molecule has 25 heavy (non-hydrogen) atoms. The molecule has 0 saturated heterocycles. The fourth-order valence-corrected chi connectivity index (χ4v) is 2.19. The first-order valence-electron chi connectivity index (χ1n) is 7.08. The van der Waals surface area contributed by atoms with E-state index in [2.05, 4.69) is 5.32 Å². The molecule has 0 aliphatic rings. The molecule has 0 bridgehead atoms. The molecule has 132 valence electrons. The van der Waals surface area contributed by atoms with Crippen LogP contribution in [0, 0.1) is 5.82 Å². The zero-order valence-corrected chi connectivity index (χ0v) is 14.2. The summed E-state index contributed by atoms with van der Waals surface area (Å²) in [5.41, 5.74) is 0.440. The number of carbonyl (C=O) groups excluding carboxylic acids is 2. The van der Waals surface area contributed by atoms with Gasteiger partial charge < -0.3 is 19.5 Å². The van der Waals surface area contributed by atoms with Crippen molar-refractivity contribution in [3.8, 4) is 11.5 Å². The van der Waals surface area contributed by atoms with E-state index in [1.807, 2.05) is 0 Å². The van der Waals surface area contributed by atoms with E-state index in [1.54, 1.807) is 0 Å². The van der Waals surface area contributed by atoms with Gasteiger partial charge in [-0.15, -0.1) is 0 Å². The van der Waals surface area contributed by atoms with Crippen LogP contribution in [0.2, 0.25) is 5.02 Å². The number of anilines is 1. The molecule has 2 aromatic rings.